The lowest BCUT2D eigenvalue weighted by Crippen LogP contribution is -2.46. The van der Waals surface area contributed by atoms with Crippen LogP contribution in [0.5, 0.6) is 5.75 Å². The number of aliphatic hydroxyl groups excluding tert-OH is 1. The number of methoxy groups -OCH3 is 1. The van der Waals surface area contributed by atoms with Crippen molar-refractivity contribution in [1.82, 2.24) is 5.32 Å². The van der Waals surface area contributed by atoms with Gasteiger partial charge in [-0.15, -0.1) is 0 Å². The summed E-state index contributed by atoms with van der Waals surface area (Å²) in [6.07, 6.45) is -0.691. The van der Waals surface area contributed by atoms with E-state index in [0.717, 1.165) is 16.7 Å². The van der Waals surface area contributed by atoms with Gasteiger partial charge in [0.15, 0.2) is 0 Å². The molecule has 0 saturated carbocycles. The highest BCUT2D eigenvalue weighted by atomic mass is 35.5. The monoisotopic (exact) mass is 529 g/mol. The van der Waals surface area contributed by atoms with Gasteiger partial charge in [0.1, 0.15) is 17.1 Å². The maximum absolute atomic E-state index is 14.2. The van der Waals surface area contributed by atoms with Crippen LogP contribution in [0.25, 0.3) is 11.1 Å². The molecule has 6 nitrogen and oxygen atoms in total. The summed E-state index contributed by atoms with van der Waals surface area (Å²) in [5.74, 6) is -1.14. The molecule has 0 aliphatic rings. The second-order valence-corrected chi connectivity index (χ2v) is 10.1. The largest absolute Gasteiger partial charge is 0.496 e. The van der Waals surface area contributed by atoms with Crippen LogP contribution >= 0.6 is 11.6 Å². The fraction of sp³-hybridized carbons (Fsp3) is 0.345. The second kappa shape index (κ2) is 12.5. The zero-order chi connectivity index (χ0) is 27.2. The molecule has 198 valence electrons. The number of halogens is 2. The summed E-state index contributed by atoms with van der Waals surface area (Å²) in [4.78, 5) is 11.4. The Morgan fingerprint density at radius 3 is 2.54 bits per heavy atom. The van der Waals surface area contributed by atoms with Gasteiger partial charge in [0.25, 0.3) is 0 Å². The molecular formula is C29H33ClFNO5. The number of ether oxygens (including phenoxy) is 2. The predicted octanol–water partition coefficient (Wildman–Crippen LogP) is 5.90. The minimum Gasteiger partial charge on any atom is -0.496 e. The quantitative estimate of drug-likeness (QED) is 0.271. The zero-order valence-corrected chi connectivity index (χ0v) is 22.2. The molecule has 3 N–H and O–H groups in total. The van der Waals surface area contributed by atoms with E-state index in [4.69, 9.17) is 21.1 Å². The lowest BCUT2D eigenvalue weighted by molar-refractivity contribution is -0.00398. The molecule has 3 rings (SSSR count). The van der Waals surface area contributed by atoms with Gasteiger partial charge in [-0.1, -0.05) is 48.0 Å². The van der Waals surface area contributed by atoms with E-state index in [1.165, 1.54) is 19.2 Å². The van der Waals surface area contributed by atoms with Gasteiger partial charge in [0.2, 0.25) is 0 Å². The minimum absolute atomic E-state index is 0.0883. The summed E-state index contributed by atoms with van der Waals surface area (Å²) in [7, 11) is 1.44. The Morgan fingerprint density at radius 1 is 1.14 bits per heavy atom. The van der Waals surface area contributed by atoms with E-state index in [1.54, 1.807) is 24.3 Å². The number of rotatable bonds is 12. The third-order valence-corrected chi connectivity index (χ3v) is 6.38. The molecule has 8 heteroatoms. The molecule has 3 aromatic carbocycles. The number of aromatic carboxylic acids is 1. The highest BCUT2D eigenvalue weighted by Gasteiger charge is 2.22. The van der Waals surface area contributed by atoms with Crippen LogP contribution in [0.1, 0.15) is 48.4 Å². The molecule has 0 aliphatic heterocycles. The Hall–Kier alpha value is -2.97. The number of aliphatic hydroxyl groups is 1. The molecule has 37 heavy (non-hydrogen) atoms. The molecule has 0 spiro atoms. The molecule has 0 saturated heterocycles. The normalized spacial score (nSPS) is 13.3. The number of β-amino-alcohol motifs (C(OH)–C–C–N with tert-alkyl or cyclic N) is 1. The molecule has 1 unspecified atom stereocenters. The van der Waals surface area contributed by atoms with Gasteiger partial charge in [-0.3, -0.25) is 0 Å². The lowest BCUT2D eigenvalue weighted by atomic mass is 9.94. The van der Waals surface area contributed by atoms with Crippen molar-refractivity contribution in [2.45, 2.75) is 44.9 Å². The van der Waals surface area contributed by atoms with Crippen LogP contribution in [0.2, 0.25) is 5.02 Å². The molecule has 0 bridgehead atoms. The van der Waals surface area contributed by atoms with Crippen LogP contribution in [0.4, 0.5) is 4.39 Å². The van der Waals surface area contributed by atoms with Gasteiger partial charge in [0.05, 0.1) is 25.9 Å². The summed E-state index contributed by atoms with van der Waals surface area (Å²) in [6.45, 7) is 6.14. The van der Waals surface area contributed by atoms with Crippen molar-refractivity contribution in [3.63, 3.8) is 0 Å². The zero-order valence-electron chi connectivity index (χ0n) is 21.4. The Kier molecular flexibility index (Phi) is 9.68. The fourth-order valence-corrected chi connectivity index (χ4v) is 4.31. The maximum atomic E-state index is 14.2. The van der Waals surface area contributed by atoms with Crippen molar-refractivity contribution in [3.05, 3.63) is 88.2 Å². The Balaban J connectivity index is 1.61. The standard InChI is InChI=1S/C29H33ClFNO5/c1-18(23-7-5-6-8-24(23)19-10-12-25(28(34)35)27(13-19)36-4)37-17-22(33)16-32-29(2,3)15-20-9-11-21(30)14-26(20)31/h5-14,18,22,32-33H,15-17H2,1-4H3,(H,34,35)/t18?,22-/m1/s1. The van der Waals surface area contributed by atoms with Crippen molar-refractivity contribution in [1.29, 1.82) is 0 Å². The SMILES string of the molecule is COc1cc(-c2ccccc2C(C)OC[C@H](O)CNC(C)(C)Cc2ccc(Cl)cc2F)ccc1C(=O)O. The molecule has 0 amide bonds. The van der Waals surface area contributed by atoms with E-state index in [1.807, 2.05) is 45.0 Å². The van der Waals surface area contributed by atoms with Crippen LogP contribution in [-0.4, -0.2) is 48.1 Å². The Morgan fingerprint density at radius 2 is 1.86 bits per heavy atom. The molecule has 0 fully saturated rings. The number of benzene rings is 3. The van der Waals surface area contributed by atoms with Gasteiger partial charge in [-0.05, 0) is 73.7 Å². The van der Waals surface area contributed by atoms with Crippen LogP contribution in [-0.2, 0) is 11.2 Å². The highest BCUT2D eigenvalue weighted by Crippen LogP contribution is 2.33. The van der Waals surface area contributed by atoms with Crippen molar-refractivity contribution in [3.8, 4) is 16.9 Å². The van der Waals surface area contributed by atoms with E-state index < -0.39 is 17.6 Å². The van der Waals surface area contributed by atoms with Crippen molar-refractivity contribution < 1.29 is 28.9 Å². The van der Waals surface area contributed by atoms with E-state index >= 15 is 0 Å². The number of carboxylic acid groups (broad SMARTS) is 1. The lowest BCUT2D eigenvalue weighted by Gasteiger charge is -2.28. The number of carboxylic acids is 1. The third kappa shape index (κ3) is 7.76. The van der Waals surface area contributed by atoms with Crippen molar-refractivity contribution >= 4 is 17.6 Å². The van der Waals surface area contributed by atoms with Gasteiger partial charge < -0.3 is 25.0 Å². The molecule has 2 atom stereocenters. The summed E-state index contributed by atoms with van der Waals surface area (Å²) in [5, 5.41) is 23.6. The topological polar surface area (TPSA) is 88.0 Å². The third-order valence-electron chi connectivity index (χ3n) is 6.14. The van der Waals surface area contributed by atoms with Crippen LogP contribution in [0, 0.1) is 5.82 Å². The number of hydrogen-bond acceptors (Lipinski definition) is 5. The maximum Gasteiger partial charge on any atom is 0.339 e. The molecule has 0 aromatic heterocycles. The van der Waals surface area contributed by atoms with Crippen LogP contribution in [0.3, 0.4) is 0 Å². The number of nitrogens with one attached hydrogen (secondary N) is 1. The fourth-order valence-electron chi connectivity index (χ4n) is 4.15. The van der Waals surface area contributed by atoms with E-state index in [9.17, 15) is 19.4 Å². The second-order valence-electron chi connectivity index (χ2n) is 9.61. The molecule has 3 aromatic rings. The number of carbonyl (C=O) groups is 1. The van der Waals surface area contributed by atoms with E-state index in [-0.39, 0.29) is 36.4 Å². The summed E-state index contributed by atoms with van der Waals surface area (Å²) >= 11 is 5.84. The smallest absolute Gasteiger partial charge is 0.339 e. The summed E-state index contributed by atoms with van der Waals surface area (Å²) < 4.78 is 25.5. The van der Waals surface area contributed by atoms with Crippen molar-refractivity contribution in [2.24, 2.45) is 0 Å². The van der Waals surface area contributed by atoms with Crippen LogP contribution < -0.4 is 10.1 Å². The number of hydrogen-bond donors (Lipinski definition) is 3. The Bertz CT molecular complexity index is 1230. The summed E-state index contributed by atoms with van der Waals surface area (Å²) in [5.41, 5.74) is 2.74. The first-order valence-electron chi connectivity index (χ1n) is 12.0. The molecule has 0 heterocycles. The van der Waals surface area contributed by atoms with E-state index in [2.05, 4.69) is 5.32 Å². The first-order valence-corrected chi connectivity index (χ1v) is 12.4. The average Bonchev–Trinajstić information content (AvgIpc) is 2.87. The van der Waals surface area contributed by atoms with Crippen molar-refractivity contribution in [2.75, 3.05) is 20.3 Å². The van der Waals surface area contributed by atoms with Crippen LogP contribution in [0.15, 0.2) is 60.7 Å². The van der Waals surface area contributed by atoms with E-state index in [0.29, 0.717) is 17.0 Å². The predicted molar refractivity (Wildman–Crippen MR) is 143 cm³/mol. The first kappa shape index (κ1) is 28.6. The van der Waals surface area contributed by atoms with Gasteiger partial charge >= 0.3 is 5.97 Å². The molecule has 0 radical (unpaired) electrons. The average molecular weight is 530 g/mol. The van der Waals surface area contributed by atoms with Gasteiger partial charge in [-0.25, -0.2) is 9.18 Å². The Labute approximate surface area is 222 Å². The first-order chi connectivity index (χ1) is 17.5. The van der Waals surface area contributed by atoms with Gasteiger partial charge in [0, 0.05) is 17.1 Å². The molecular weight excluding hydrogens is 497 g/mol. The van der Waals surface area contributed by atoms with Gasteiger partial charge in [-0.2, -0.15) is 0 Å². The highest BCUT2D eigenvalue weighted by molar-refractivity contribution is 6.30. The minimum atomic E-state index is -1.06. The summed E-state index contributed by atoms with van der Waals surface area (Å²) in [6, 6.07) is 17.2. The molecule has 0 aliphatic carbocycles.